The Hall–Kier alpha value is -0.170. The molecule has 0 unspecified atom stereocenters. The Bertz CT molecular complexity index is 109. The number of hydrogen-bond donors (Lipinski definition) is 0. The highest BCUT2D eigenvalue weighted by Gasteiger charge is 2.07. The van der Waals surface area contributed by atoms with E-state index in [4.69, 9.17) is 11.6 Å². The molecule has 0 saturated heterocycles. The topological polar surface area (TPSA) is 3.24 Å². The molecule has 1 nitrogen and oxygen atoms in total. The lowest BCUT2D eigenvalue weighted by Gasteiger charge is -2.12. The second kappa shape index (κ2) is 2.40. The second-order valence-electron chi connectivity index (χ2n) is 2.04. The molecule has 0 atom stereocenters. The normalized spacial score (nSPS) is 19.2. The van der Waals surface area contributed by atoms with E-state index in [0.29, 0.717) is 5.88 Å². The fourth-order valence-corrected chi connectivity index (χ4v) is 1.19. The minimum Gasteiger partial charge on any atom is -0.377 e. The molecule has 0 N–H and O–H groups in total. The number of alkyl halides is 1. The summed E-state index contributed by atoms with van der Waals surface area (Å²) in [5, 5.41) is 0. The first-order valence-corrected chi connectivity index (χ1v) is 3.34. The van der Waals surface area contributed by atoms with Crippen LogP contribution in [0.4, 0.5) is 0 Å². The van der Waals surface area contributed by atoms with Gasteiger partial charge in [0.15, 0.2) is 0 Å². The van der Waals surface area contributed by atoms with Gasteiger partial charge in [0, 0.05) is 19.3 Å². The zero-order chi connectivity index (χ0) is 5.98. The zero-order valence-corrected chi connectivity index (χ0v) is 5.78. The highest BCUT2D eigenvalue weighted by molar-refractivity contribution is 6.19. The van der Waals surface area contributed by atoms with Gasteiger partial charge in [0.1, 0.15) is 0 Å². The molecule has 2 heteroatoms. The highest BCUT2D eigenvalue weighted by Crippen LogP contribution is 2.12. The number of hydrogen-bond acceptors (Lipinski definition) is 1. The van der Waals surface area contributed by atoms with E-state index in [9.17, 15) is 0 Å². The van der Waals surface area contributed by atoms with Crippen LogP contribution in [0.25, 0.3) is 0 Å². The lowest BCUT2D eigenvalue weighted by atomic mass is 10.4. The second-order valence-corrected chi connectivity index (χ2v) is 2.31. The van der Waals surface area contributed by atoms with Crippen LogP contribution >= 0.6 is 11.6 Å². The Kier molecular flexibility index (Phi) is 1.79. The molecule has 0 radical (unpaired) electrons. The Morgan fingerprint density at radius 1 is 1.88 bits per heavy atom. The first kappa shape index (κ1) is 5.96. The molecule has 1 rings (SSSR count). The summed E-state index contributed by atoms with van der Waals surface area (Å²) in [6.07, 6.45) is 3.35. The average molecular weight is 132 g/mol. The molecule has 0 amide bonds. The van der Waals surface area contributed by atoms with Gasteiger partial charge in [-0.15, -0.1) is 11.6 Å². The third kappa shape index (κ3) is 0.972. The molecule has 0 fully saturated rings. The fourth-order valence-electron chi connectivity index (χ4n) is 0.881. The van der Waals surface area contributed by atoms with Crippen molar-refractivity contribution in [1.82, 2.24) is 4.90 Å². The van der Waals surface area contributed by atoms with E-state index >= 15 is 0 Å². The number of nitrogens with zero attached hydrogens (tertiary/aromatic N) is 1. The Balaban J connectivity index is 2.49. The van der Waals surface area contributed by atoms with Crippen LogP contribution in [0.3, 0.4) is 0 Å². The molecule has 1 aliphatic rings. The molecule has 8 heavy (non-hydrogen) atoms. The van der Waals surface area contributed by atoms with Crippen LogP contribution in [0.5, 0.6) is 0 Å². The lowest BCUT2D eigenvalue weighted by Crippen LogP contribution is -2.13. The van der Waals surface area contributed by atoms with Gasteiger partial charge in [0.2, 0.25) is 0 Å². The van der Waals surface area contributed by atoms with Crippen molar-refractivity contribution in [3.05, 3.63) is 11.8 Å². The Morgan fingerprint density at radius 3 is 2.88 bits per heavy atom. The molecule has 0 aromatic carbocycles. The third-order valence-electron chi connectivity index (χ3n) is 1.47. The van der Waals surface area contributed by atoms with Crippen LogP contribution in [0.1, 0.15) is 6.42 Å². The van der Waals surface area contributed by atoms with E-state index in [0.717, 1.165) is 6.54 Å². The summed E-state index contributed by atoms with van der Waals surface area (Å²) in [7, 11) is 2.07. The molecule has 46 valence electrons. The van der Waals surface area contributed by atoms with Crippen molar-refractivity contribution in [2.45, 2.75) is 6.42 Å². The fraction of sp³-hybridized carbons (Fsp3) is 0.667. The molecular formula is C6H10ClN. The molecule has 0 aliphatic carbocycles. The van der Waals surface area contributed by atoms with Gasteiger partial charge in [0.25, 0.3) is 0 Å². The summed E-state index contributed by atoms with van der Waals surface area (Å²) < 4.78 is 0. The van der Waals surface area contributed by atoms with Gasteiger partial charge in [-0.25, -0.2) is 0 Å². The number of halogens is 1. The summed E-state index contributed by atoms with van der Waals surface area (Å²) in [6, 6.07) is 0. The molecule has 0 bridgehead atoms. The molecule has 1 aliphatic heterocycles. The Labute approximate surface area is 54.9 Å². The quantitative estimate of drug-likeness (QED) is 0.487. The van der Waals surface area contributed by atoms with Crippen LogP contribution < -0.4 is 0 Å². The maximum Gasteiger partial charge on any atom is 0.0620 e. The SMILES string of the molecule is CN1CCC=C1CCl. The molecule has 0 aromatic heterocycles. The van der Waals surface area contributed by atoms with Crippen LogP contribution in [-0.2, 0) is 0 Å². The summed E-state index contributed by atoms with van der Waals surface area (Å²) in [4.78, 5) is 2.19. The summed E-state index contributed by atoms with van der Waals surface area (Å²) >= 11 is 5.59. The number of rotatable bonds is 1. The van der Waals surface area contributed by atoms with Crippen LogP contribution in [0.2, 0.25) is 0 Å². The van der Waals surface area contributed by atoms with Crippen molar-refractivity contribution >= 4 is 11.6 Å². The van der Waals surface area contributed by atoms with Gasteiger partial charge in [0.05, 0.1) is 5.88 Å². The van der Waals surface area contributed by atoms with Gasteiger partial charge in [-0.2, -0.15) is 0 Å². The summed E-state index contributed by atoms with van der Waals surface area (Å²) in [5.74, 6) is 0.663. The Morgan fingerprint density at radius 2 is 2.62 bits per heavy atom. The first-order chi connectivity index (χ1) is 3.84. The van der Waals surface area contributed by atoms with Crippen LogP contribution in [0, 0.1) is 0 Å². The van der Waals surface area contributed by atoms with E-state index in [1.54, 1.807) is 0 Å². The minimum atomic E-state index is 0.663. The van der Waals surface area contributed by atoms with E-state index in [2.05, 4.69) is 18.0 Å². The van der Waals surface area contributed by atoms with E-state index in [-0.39, 0.29) is 0 Å². The van der Waals surface area contributed by atoms with Gasteiger partial charge in [-0.3, -0.25) is 0 Å². The van der Waals surface area contributed by atoms with E-state index in [1.165, 1.54) is 12.1 Å². The molecule has 0 saturated carbocycles. The van der Waals surface area contributed by atoms with Crippen molar-refractivity contribution in [3.8, 4) is 0 Å². The summed E-state index contributed by atoms with van der Waals surface area (Å²) in [5.41, 5.74) is 1.27. The lowest BCUT2D eigenvalue weighted by molar-refractivity contribution is 0.461. The van der Waals surface area contributed by atoms with Crippen molar-refractivity contribution < 1.29 is 0 Å². The third-order valence-corrected chi connectivity index (χ3v) is 1.75. The molecule has 1 heterocycles. The molecule has 0 aromatic rings. The standard InChI is InChI=1S/C6H10ClN/c1-8-4-2-3-6(8)5-7/h3H,2,4-5H2,1H3. The van der Waals surface area contributed by atoms with Crippen LogP contribution in [-0.4, -0.2) is 24.4 Å². The predicted molar refractivity (Wildman–Crippen MR) is 36.1 cm³/mol. The maximum atomic E-state index is 5.59. The minimum absolute atomic E-state index is 0.663. The number of allylic oxidation sites excluding steroid dienone is 1. The van der Waals surface area contributed by atoms with Gasteiger partial charge in [-0.05, 0) is 6.42 Å². The predicted octanol–water partition coefficient (Wildman–Crippen LogP) is 1.44. The van der Waals surface area contributed by atoms with Crippen molar-refractivity contribution in [2.24, 2.45) is 0 Å². The van der Waals surface area contributed by atoms with E-state index in [1.807, 2.05) is 0 Å². The highest BCUT2D eigenvalue weighted by atomic mass is 35.5. The molecule has 0 spiro atoms. The molecular weight excluding hydrogens is 122 g/mol. The van der Waals surface area contributed by atoms with Gasteiger partial charge < -0.3 is 4.90 Å². The van der Waals surface area contributed by atoms with E-state index < -0.39 is 0 Å². The van der Waals surface area contributed by atoms with Crippen molar-refractivity contribution in [2.75, 3.05) is 19.5 Å². The van der Waals surface area contributed by atoms with Gasteiger partial charge in [-0.1, -0.05) is 6.08 Å². The van der Waals surface area contributed by atoms with Gasteiger partial charge >= 0.3 is 0 Å². The summed E-state index contributed by atoms with van der Waals surface area (Å²) in [6.45, 7) is 1.14. The van der Waals surface area contributed by atoms with Crippen LogP contribution in [0.15, 0.2) is 11.8 Å². The monoisotopic (exact) mass is 131 g/mol. The average Bonchev–Trinajstić information content (AvgIpc) is 2.14. The van der Waals surface area contributed by atoms with Crippen molar-refractivity contribution in [3.63, 3.8) is 0 Å². The smallest absolute Gasteiger partial charge is 0.0620 e. The first-order valence-electron chi connectivity index (χ1n) is 2.80. The largest absolute Gasteiger partial charge is 0.377 e. The van der Waals surface area contributed by atoms with Crippen molar-refractivity contribution in [1.29, 1.82) is 0 Å². The maximum absolute atomic E-state index is 5.59. The zero-order valence-electron chi connectivity index (χ0n) is 5.02.